The van der Waals surface area contributed by atoms with E-state index in [0.717, 1.165) is 23.9 Å². The lowest BCUT2D eigenvalue weighted by Gasteiger charge is -2.51. The molecule has 1 N–H and O–H groups in total. The lowest BCUT2D eigenvalue weighted by Crippen LogP contribution is -2.66. The van der Waals surface area contributed by atoms with Gasteiger partial charge >= 0.3 is 0 Å². The highest BCUT2D eigenvalue weighted by Gasteiger charge is 2.47. The molecule has 3 aliphatic rings. The van der Waals surface area contributed by atoms with E-state index in [4.69, 9.17) is 0 Å². The third-order valence-electron chi connectivity index (χ3n) is 6.41. The van der Waals surface area contributed by atoms with Crippen molar-refractivity contribution in [1.82, 2.24) is 10.2 Å². The maximum absolute atomic E-state index is 3.92. The van der Waals surface area contributed by atoms with Crippen LogP contribution in [0.3, 0.4) is 0 Å². The van der Waals surface area contributed by atoms with Gasteiger partial charge in [-0.15, -0.1) is 0 Å². The van der Waals surface area contributed by atoms with E-state index in [9.17, 15) is 0 Å². The Hall–Kier alpha value is -0.0800. The summed E-state index contributed by atoms with van der Waals surface area (Å²) < 4.78 is 0. The van der Waals surface area contributed by atoms with Gasteiger partial charge in [-0.3, -0.25) is 4.90 Å². The molecule has 3 fully saturated rings. The summed E-state index contributed by atoms with van der Waals surface area (Å²) in [6.45, 7) is 9.89. The highest BCUT2D eigenvalue weighted by molar-refractivity contribution is 5.05. The number of hydrogen-bond acceptors (Lipinski definition) is 2. The molecule has 4 unspecified atom stereocenters. The van der Waals surface area contributed by atoms with Gasteiger partial charge in [-0.2, -0.15) is 0 Å². The standard InChI is InChI=1S/C18H34N2/c1-4-16-12-19-18(3,15-10-11-15)13-20(16)17-9-7-5-6-8-14(17)2/h14-17,19H,4-13H2,1-3H3. The summed E-state index contributed by atoms with van der Waals surface area (Å²) in [6.07, 6.45) is 11.5. The van der Waals surface area contributed by atoms with Gasteiger partial charge in [-0.1, -0.05) is 33.1 Å². The molecule has 0 radical (unpaired) electrons. The summed E-state index contributed by atoms with van der Waals surface area (Å²) in [5, 5.41) is 3.92. The number of nitrogens with zero attached hydrogens (tertiary/aromatic N) is 1. The minimum Gasteiger partial charge on any atom is -0.308 e. The topological polar surface area (TPSA) is 15.3 Å². The van der Waals surface area contributed by atoms with Crippen molar-refractivity contribution in [3.63, 3.8) is 0 Å². The summed E-state index contributed by atoms with van der Waals surface area (Å²) in [5.41, 5.74) is 0.400. The van der Waals surface area contributed by atoms with Gasteiger partial charge in [0.1, 0.15) is 0 Å². The predicted molar refractivity (Wildman–Crippen MR) is 86.0 cm³/mol. The first-order valence-electron chi connectivity index (χ1n) is 9.15. The number of nitrogens with one attached hydrogen (secondary N) is 1. The molecule has 0 amide bonds. The fourth-order valence-corrected chi connectivity index (χ4v) is 4.76. The Kier molecular flexibility index (Phi) is 4.42. The van der Waals surface area contributed by atoms with Crippen molar-refractivity contribution in [3.05, 3.63) is 0 Å². The van der Waals surface area contributed by atoms with Crippen molar-refractivity contribution < 1.29 is 0 Å². The van der Waals surface area contributed by atoms with Gasteiger partial charge in [-0.05, 0) is 50.9 Å². The van der Waals surface area contributed by atoms with Crippen LogP contribution < -0.4 is 5.32 Å². The van der Waals surface area contributed by atoms with Gasteiger partial charge in [0, 0.05) is 30.7 Å². The lowest BCUT2D eigenvalue weighted by atomic mass is 9.86. The minimum absolute atomic E-state index is 0.400. The van der Waals surface area contributed by atoms with Crippen LogP contribution in [-0.2, 0) is 0 Å². The normalized spacial score (nSPS) is 44.2. The minimum atomic E-state index is 0.400. The number of piperazine rings is 1. The molecule has 2 heteroatoms. The second-order valence-corrected chi connectivity index (χ2v) is 7.99. The molecule has 1 aliphatic heterocycles. The molecule has 0 aromatic carbocycles. The monoisotopic (exact) mass is 278 g/mol. The molecule has 20 heavy (non-hydrogen) atoms. The largest absolute Gasteiger partial charge is 0.308 e. The zero-order valence-electron chi connectivity index (χ0n) is 13.8. The predicted octanol–water partition coefficient (Wildman–Crippen LogP) is 3.81. The molecule has 3 rings (SSSR count). The van der Waals surface area contributed by atoms with Gasteiger partial charge in [-0.25, -0.2) is 0 Å². The Bertz CT molecular complexity index is 325. The molecule has 0 aromatic heterocycles. The molecule has 2 saturated carbocycles. The van der Waals surface area contributed by atoms with E-state index in [2.05, 4.69) is 31.0 Å². The maximum Gasteiger partial charge on any atom is 0.0309 e. The first kappa shape index (κ1) is 14.8. The molecule has 1 heterocycles. The molecule has 2 nitrogen and oxygen atoms in total. The van der Waals surface area contributed by atoms with Crippen LogP contribution in [0.15, 0.2) is 0 Å². The maximum atomic E-state index is 3.92. The van der Waals surface area contributed by atoms with Gasteiger partial charge in [0.25, 0.3) is 0 Å². The summed E-state index contributed by atoms with van der Waals surface area (Å²) in [6, 6.07) is 1.62. The lowest BCUT2D eigenvalue weighted by molar-refractivity contribution is 0.0144. The Morgan fingerprint density at radius 3 is 2.55 bits per heavy atom. The fraction of sp³-hybridized carbons (Fsp3) is 1.00. The van der Waals surface area contributed by atoms with Crippen molar-refractivity contribution in [2.45, 2.75) is 89.8 Å². The van der Waals surface area contributed by atoms with Crippen LogP contribution in [-0.4, -0.2) is 35.6 Å². The van der Waals surface area contributed by atoms with Gasteiger partial charge < -0.3 is 5.32 Å². The molecule has 116 valence electrons. The molecule has 1 saturated heterocycles. The van der Waals surface area contributed by atoms with Gasteiger partial charge in [0.05, 0.1) is 0 Å². The van der Waals surface area contributed by atoms with Crippen LogP contribution in [0.4, 0.5) is 0 Å². The van der Waals surface area contributed by atoms with Crippen molar-refractivity contribution >= 4 is 0 Å². The Labute approximate surface area is 125 Å². The molecule has 0 bridgehead atoms. The van der Waals surface area contributed by atoms with E-state index < -0.39 is 0 Å². The summed E-state index contributed by atoms with van der Waals surface area (Å²) in [4.78, 5) is 2.94. The fourth-order valence-electron chi connectivity index (χ4n) is 4.76. The summed E-state index contributed by atoms with van der Waals surface area (Å²) in [7, 11) is 0. The highest BCUT2D eigenvalue weighted by atomic mass is 15.3. The smallest absolute Gasteiger partial charge is 0.0309 e. The molecular formula is C18H34N2. The summed E-state index contributed by atoms with van der Waals surface area (Å²) >= 11 is 0. The Balaban J connectivity index is 1.75. The Morgan fingerprint density at radius 1 is 1.10 bits per heavy atom. The zero-order valence-corrected chi connectivity index (χ0v) is 13.8. The zero-order chi connectivity index (χ0) is 14.2. The SMILES string of the molecule is CCC1CNC(C)(C2CC2)CN1C1CCCCCC1C. The van der Waals surface area contributed by atoms with E-state index in [-0.39, 0.29) is 0 Å². The van der Waals surface area contributed by atoms with Crippen LogP contribution >= 0.6 is 0 Å². The molecule has 2 aliphatic carbocycles. The Morgan fingerprint density at radius 2 is 1.85 bits per heavy atom. The number of rotatable bonds is 3. The van der Waals surface area contributed by atoms with E-state index in [1.807, 2.05) is 0 Å². The van der Waals surface area contributed by atoms with Crippen LogP contribution in [0.2, 0.25) is 0 Å². The average molecular weight is 278 g/mol. The molecule has 0 aromatic rings. The average Bonchev–Trinajstić information content (AvgIpc) is 3.26. The van der Waals surface area contributed by atoms with Gasteiger partial charge in [0.2, 0.25) is 0 Å². The number of hydrogen-bond donors (Lipinski definition) is 1. The first-order valence-corrected chi connectivity index (χ1v) is 9.15. The van der Waals surface area contributed by atoms with Crippen molar-refractivity contribution in [3.8, 4) is 0 Å². The van der Waals surface area contributed by atoms with E-state index in [1.54, 1.807) is 0 Å². The third kappa shape index (κ3) is 2.92. The van der Waals surface area contributed by atoms with Crippen molar-refractivity contribution in [1.29, 1.82) is 0 Å². The van der Waals surface area contributed by atoms with Crippen LogP contribution in [0.25, 0.3) is 0 Å². The van der Waals surface area contributed by atoms with E-state index in [1.165, 1.54) is 64.5 Å². The van der Waals surface area contributed by atoms with E-state index >= 15 is 0 Å². The molecule has 4 atom stereocenters. The molecule has 0 spiro atoms. The third-order valence-corrected chi connectivity index (χ3v) is 6.41. The van der Waals surface area contributed by atoms with Crippen LogP contribution in [0.1, 0.15) is 72.1 Å². The quantitative estimate of drug-likeness (QED) is 0.790. The second kappa shape index (κ2) is 5.96. The van der Waals surface area contributed by atoms with Gasteiger partial charge in [0.15, 0.2) is 0 Å². The van der Waals surface area contributed by atoms with Crippen LogP contribution in [0.5, 0.6) is 0 Å². The van der Waals surface area contributed by atoms with E-state index in [0.29, 0.717) is 5.54 Å². The highest BCUT2D eigenvalue weighted by Crippen LogP contribution is 2.43. The summed E-state index contributed by atoms with van der Waals surface area (Å²) in [5.74, 6) is 1.84. The second-order valence-electron chi connectivity index (χ2n) is 7.99. The van der Waals surface area contributed by atoms with Crippen molar-refractivity contribution in [2.24, 2.45) is 11.8 Å². The molecular weight excluding hydrogens is 244 g/mol. The van der Waals surface area contributed by atoms with Crippen molar-refractivity contribution in [2.75, 3.05) is 13.1 Å². The first-order chi connectivity index (χ1) is 9.64. The van der Waals surface area contributed by atoms with Crippen LogP contribution in [0, 0.1) is 11.8 Å².